The van der Waals surface area contributed by atoms with E-state index in [0.29, 0.717) is 17.1 Å². The number of hydrogen-bond acceptors (Lipinski definition) is 6. The molecule has 0 aromatic heterocycles. The summed E-state index contributed by atoms with van der Waals surface area (Å²) in [5.74, 6) is -0.842. The smallest absolute Gasteiger partial charge is 0.337 e. The second kappa shape index (κ2) is 16.2. The van der Waals surface area contributed by atoms with Gasteiger partial charge in [0.05, 0.1) is 25.0 Å². The van der Waals surface area contributed by atoms with E-state index >= 15 is 0 Å². The van der Waals surface area contributed by atoms with Gasteiger partial charge in [0.15, 0.2) is 5.60 Å². The standard InChI is InChI=1S/C34H42O6S/c1-34(38,33(36)37)31(41-24-28-22-21-27(32(35)40-3)23-30(28)39-2)29-20-14-13-19-26(29)18-12-7-5-4-6-9-15-25-16-10-8-11-17-25/h8,10-11,13-14,16-17,19-23,31,38H,4-7,9,12,15,18,24H2,1-3H3,(H,36,37). The van der Waals surface area contributed by atoms with Gasteiger partial charge in [0.2, 0.25) is 0 Å². The van der Waals surface area contributed by atoms with Gasteiger partial charge in [-0.15, -0.1) is 11.8 Å². The summed E-state index contributed by atoms with van der Waals surface area (Å²) in [6.07, 6.45) is 8.85. The van der Waals surface area contributed by atoms with E-state index in [4.69, 9.17) is 9.47 Å². The number of methoxy groups -OCH3 is 2. The van der Waals surface area contributed by atoms with Gasteiger partial charge in [0, 0.05) is 11.3 Å². The van der Waals surface area contributed by atoms with E-state index in [0.717, 1.165) is 42.4 Å². The molecule has 3 aromatic rings. The Morgan fingerprint density at radius 2 is 1.46 bits per heavy atom. The van der Waals surface area contributed by atoms with Crippen LogP contribution in [0.25, 0.3) is 0 Å². The predicted octanol–water partition coefficient (Wildman–Crippen LogP) is 7.42. The number of unbranched alkanes of at least 4 members (excludes halogenated alkanes) is 5. The van der Waals surface area contributed by atoms with E-state index in [9.17, 15) is 19.8 Å². The molecule has 2 unspecified atom stereocenters. The monoisotopic (exact) mass is 578 g/mol. The normalized spacial score (nSPS) is 13.3. The fraction of sp³-hybridized carbons (Fsp3) is 0.412. The molecule has 0 aliphatic rings. The van der Waals surface area contributed by atoms with Crippen molar-refractivity contribution < 1.29 is 29.3 Å². The molecule has 0 amide bonds. The molecular formula is C34H42O6S. The van der Waals surface area contributed by atoms with Crippen molar-refractivity contribution in [2.75, 3.05) is 14.2 Å². The number of carboxylic acids is 1. The molecule has 2 N–H and O–H groups in total. The van der Waals surface area contributed by atoms with E-state index in [2.05, 4.69) is 30.3 Å². The summed E-state index contributed by atoms with van der Waals surface area (Å²) >= 11 is 1.35. The number of aliphatic carboxylic acids is 1. The molecule has 0 radical (unpaired) electrons. The van der Waals surface area contributed by atoms with Crippen LogP contribution in [-0.2, 0) is 28.1 Å². The molecule has 41 heavy (non-hydrogen) atoms. The zero-order valence-corrected chi connectivity index (χ0v) is 25.1. The van der Waals surface area contributed by atoms with Gasteiger partial charge in [-0.2, -0.15) is 0 Å². The molecule has 0 spiro atoms. The number of hydrogen-bond donors (Lipinski definition) is 2. The molecule has 220 valence electrons. The van der Waals surface area contributed by atoms with Gasteiger partial charge in [0.25, 0.3) is 0 Å². The lowest BCUT2D eigenvalue weighted by molar-refractivity contribution is -0.156. The molecule has 0 heterocycles. The number of esters is 1. The summed E-state index contributed by atoms with van der Waals surface area (Å²) in [5, 5.41) is 20.4. The van der Waals surface area contributed by atoms with Gasteiger partial charge < -0.3 is 19.7 Å². The first-order valence-corrected chi connectivity index (χ1v) is 15.3. The summed E-state index contributed by atoms with van der Waals surface area (Å²) in [6, 6.07) is 23.5. The zero-order valence-electron chi connectivity index (χ0n) is 24.3. The van der Waals surface area contributed by atoms with Gasteiger partial charge in [-0.1, -0.05) is 86.3 Å². The minimum Gasteiger partial charge on any atom is -0.496 e. The Balaban J connectivity index is 1.63. The summed E-state index contributed by atoms with van der Waals surface area (Å²) in [6.45, 7) is 1.36. The first kappa shape index (κ1) is 32.2. The van der Waals surface area contributed by atoms with Crippen LogP contribution in [0.4, 0.5) is 0 Å². The van der Waals surface area contributed by atoms with Crippen LogP contribution in [0, 0.1) is 0 Å². The maximum atomic E-state index is 12.2. The summed E-state index contributed by atoms with van der Waals surface area (Å²) in [7, 11) is 2.84. The Bertz CT molecular complexity index is 1260. The lowest BCUT2D eigenvalue weighted by Crippen LogP contribution is -2.40. The topological polar surface area (TPSA) is 93.1 Å². The number of aliphatic hydroxyl groups is 1. The third kappa shape index (κ3) is 9.37. The van der Waals surface area contributed by atoms with Crippen LogP contribution in [0.1, 0.15) is 83.3 Å². The summed E-state index contributed by atoms with van der Waals surface area (Å²) < 4.78 is 10.3. The molecule has 3 rings (SSSR count). The maximum absolute atomic E-state index is 12.2. The molecule has 3 aromatic carbocycles. The third-order valence-corrected chi connectivity index (χ3v) is 8.92. The van der Waals surface area contributed by atoms with Gasteiger partial charge in [-0.25, -0.2) is 9.59 Å². The molecular weight excluding hydrogens is 536 g/mol. The lowest BCUT2D eigenvalue weighted by atomic mass is 9.90. The van der Waals surface area contributed by atoms with E-state index in [1.807, 2.05) is 24.3 Å². The zero-order chi connectivity index (χ0) is 29.7. The van der Waals surface area contributed by atoms with Gasteiger partial charge in [-0.3, -0.25) is 0 Å². The van der Waals surface area contributed by atoms with Crippen LogP contribution in [-0.4, -0.2) is 42.0 Å². The minimum absolute atomic E-state index is 0.369. The Kier molecular flexibility index (Phi) is 12.8. The quantitative estimate of drug-likeness (QED) is 0.127. The van der Waals surface area contributed by atoms with Crippen LogP contribution in [0.3, 0.4) is 0 Å². The number of carbonyl (C=O) groups excluding carboxylic acids is 1. The molecule has 0 aliphatic heterocycles. The molecule has 6 nitrogen and oxygen atoms in total. The molecule has 0 bridgehead atoms. The molecule has 0 aliphatic carbocycles. The van der Waals surface area contributed by atoms with Crippen LogP contribution in [0.5, 0.6) is 5.75 Å². The van der Waals surface area contributed by atoms with Crippen molar-refractivity contribution in [1.29, 1.82) is 0 Å². The average Bonchev–Trinajstić information content (AvgIpc) is 2.99. The average molecular weight is 579 g/mol. The lowest BCUT2D eigenvalue weighted by Gasteiger charge is -2.31. The largest absolute Gasteiger partial charge is 0.496 e. The molecule has 0 saturated heterocycles. The van der Waals surface area contributed by atoms with E-state index in [1.54, 1.807) is 18.2 Å². The molecule has 2 atom stereocenters. The Labute approximate surface area is 248 Å². The second-order valence-electron chi connectivity index (χ2n) is 10.5. The molecule has 7 heteroatoms. The number of ether oxygens (including phenoxy) is 2. The van der Waals surface area contributed by atoms with Gasteiger partial charge >= 0.3 is 11.9 Å². The highest BCUT2D eigenvalue weighted by atomic mass is 32.2. The molecule has 0 saturated carbocycles. The highest BCUT2D eigenvalue weighted by molar-refractivity contribution is 7.98. The van der Waals surface area contributed by atoms with Crippen LogP contribution < -0.4 is 4.74 Å². The number of carbonyl (C=O) groups is 2. The maximum Gasteiger partial charge on any atom is 0.337 e. The Morgan fingerprint density at radius 3 is 2.12 bits per heavy atom. The third-order valence-electron chi connectivity index (χ3n) is 7.40. The summed E-state index contributed by atoms with van der Waals surface area (Å²) in [5.41, 5.74) is 2.46. The second-order valence-corrected chi connectivity index (χ2v) is 11.6. The number of rotatable bonds is 17. The van der Waals surface area contributed by atoms with Crippen molar-refractivity contribution in [3.63, 3.8) is 0 Å². The highest BCUT2D eigenvalue weighted by Gasteiger charge is 2.41. The minimum atomic E-state index is -1.99. The molecule has 0 fully saturated rings. The highest BCUT2D eigenvalue weighted by Crippen LogP contribution is 2.43. The number of benzene rings is 3. The Morgan fingerprint density at radius 1 is 0.829 bits per heavy atom. The van der Waals surface area contributed by atoms with E-state index in [1.165, 1.54) is 64.2 Å². The SMILES string of the molecule is COC(=O)c1ccc(CSC(c2ccccc2CCCCCCCCc2ccccc2)C(C)(O)C(=O)O)c(OC)c1. The van der Waals surface area contributed by atoms with Crippen molar-refractivity contribution in [3.05, 3.63) is 101 Å². The van der Waals surface area contributed by atoms with Crippen molar-refractivity contribution in [2.45, 2.75) is 74.9 Å². The van der Waals surface area contributed by atoms with Crippen molar-refractivity contribution in [3.8, 4) is 5.75 Å². The first-order chi connectivity index (χ1) is 19.8. The van der Waals surface area contributed by atoms with E-state index < -0.39 is 22.8 Å². The van der Waals surface area contributed by atoms with E-state index in [-0.39, 0.29) is 0 Å². The number of aryl methyl sites for hydroxylation is 2. The Hall–Kier alpha value is -3.29. The summed E-state index contributed by atoms with van der Waals surface area (Å²) in [4.78, 5) is 24.1. The first-order valence-electron chi connectivity index (χ1n) is 14.2. The van der Waals surface area contributed by atoms with Crippen LogP contribution >= 0.6 is 11.8 Å². The van der Waals surface area contributed by atoms with Crippen LogP contribution in [0.2, 0.25) is 0 Å². The van der Waals surface area contributed by atoms with Gasteiger partial charge in [-0.05, 0) is 61.4 Å². The van der Waals surface area contributed by atoms with Crippen molar-refractivity contribution >= 4 is 23.7 Å². The van der Waals surface area contributed by atoms with Crippen LogP contribution in [0.15, 0.2) is 72.8 Å². The fourth-order valence-electron chi connectivity index (χ4n) is 4.96. The number of carboxylic acid groups (broad SMARTS) is 1. The predicted molar refractivity (Wildman–Crippen MR) is 165 cm³/mol. The van der Waals surface area contributed by atoms with Crippen molar-refractivity contribution in [1.82, 2.24) is 0 Å². The fourth-order valence-corrected chi connectivity index (χ4v) is 6.38. The van der Waals surface area contributed by atoms with Crippen molar-refractivity contribution in [2.24, 2.45) is 0 Å². The number of thioether (sulfide) groups is 1. The van der Waals surface area contributed by atoms with Gasteiger partial charge in [0.1, 0.15) is 5.75 Å².